The molecule has 0 aliphatic rings. The number of pyridine rings is 1. The van der Waals surface area contributed by atoms with Gasteiger partial charge in [-0.05, 0) is 55.3 Å². The summed E-state index contributed by atoms with van der Waals surface area (Å²) >= 11 is 0. The molecule has 7 nitrogen and oxygen atoms in total. The van der Waals surface area contributed by atoms with Crippen LogP contribution < -0.4 is 20.3 Å². The van der Waals surface area contributed by atoms with Gasteiger partial charge in [0.2, 0.25) is 0 Å². The number of fused-ring (bicyclic) bond motifs is 1. The Balaban J connectivity index is 1.48. The Hall–Kier alpha value is -4.13. The van der Waals surface area contributed by atoms with Gasteiger partial charge >= 0.3 is 0 Å². The normalized spacial score (nSPS) is 11.7. The van der Waals surface area contributed by atoms with Crippen LogP contribution >= 0.6 is 0 Å². The number of hydrogen-bond acceptors (Lipinski definition) is 5. The first-order valence-electron chi connectivity index (χ1n) is 10.8. The predicted molar refractivity (Wildman–Crippen MR) is 127 cm³/mol. The minimum Gasteiger partial charge on any atom is -0.485 e. The first-order valence-corrected chi connectivity index (χ1v) is 10.8. The van der Waals surface area contributed by atoms with E-state index >= 15 is 0 Å². The van der Waals surface area contributed by atoms with E-state index in [0.717, 1.165) is 5.56 Å². The van der Waals surface area contributed by atoms with Gasteiger partial charge in [0.25, 0.3) is 11.5 Å². The zero-order chi connectivity index (χ0) is 23.2. The number of ether oxygens (including phenoxy) is 2. The monoisotopic (exact) mass is 443 g/mol. The van der Waals surface area contributed by atoms with Gasteiger partial charge in [-0.3, -0.25) is 14.0 Å². The third-order valence-electron chi connectivity index (χ3n) is 5.08. The zero-order valence-electron chi connectivity index (χ0n) is 18.5. The Kier molecular flexibility index (Phi) is 6.69. The van der Waals surface area contributed by atoms with Crippen molar-refractivity contribution in [2.24, 2.45) is 0 Å². The molecule has 1 amide bonds. The molecule has 0 radical (unpaired) electrons. The lowest BCUT2D eigenvalue weighted by Gasteiger charge is -2.18. The van der Waals surface area contributed by atoms with Crippen molar-refractivity contribution in [2.75, 3.05) is 5.32 Å². The predicted octanol–water partition coefficient (Wildman–Crippen LogP) is 4.38. The van der Waals surface area contributed by atoms with Gasteiger partial charge in [0.15, 0.2) is 6.10 Å². The van der Waals surface area contributed by atoms with E-state index in [1.54, 1.807) is 18.3 Å². The van der Waals surface area contributed by atoms with E-state index in [1.807, 2.05) is 68.4 Å². The molecular weight excluding hydrogens is 418 g/mol. The number of hydrogen-bond donors (Lipinski definition) is 1. The molecule has 7 heteroatoms. The topological polar surface area (TPSA) is 81.9 Å². The van der Waals surface area contributed by atoms with Crippen molar-refractivity contribution in [1.82, 2.24) is 9.38 Å². The minimum absolute atomic E-state index is 0.0876. The third-order valence-corrected chi connectivity index (χ3v) is 5.08. The molecule has 0 bridgehead atoms. The Morgan fingerprint density at radius 3 is 2.61 bits per heavy atom. The summed E-state index contributed by atoms with van der Waals surface area (Å²) in [5.74, 6) is 0.842. The van der Waals surface area contributed by atoms with Crippen LogP contribution in [-0.2, 0) is 11.4 Å². The Morgan fingerprint density at radius 2 is 1.82 bits per heavy atom. The van der Waals surface area contributed by atoms with Crippen LogP contribution in [0.2, 0.25) is 0 Å². The van der Waals surface area contributed by atoms with Gasteiger partial charge < -0.3 is 14.8 Å². The van der Waals surface area contributed by atoms with Crippen LogP contribution in [0.1, 0.15) is 24.6 Å². The highest BCUT2D eigenvalue weighted by Gasteiger charge is 2.20. The summed E-state index contributed by atoms with van der Waals surface area (Å²) in [4.78, 5) is 29.8. The fourth-order valence-electron chi connectivity index (χ4n) is 3.37. The molecule has 0 saturated heterocycles. The molecule has 1 atom stereocenters. The average molecular weight is 444 g/mol. The molecular formula is C26H25N3O4. The highest BCUT2D eigenvalue weighted by Crippen LogP contribution is 2.25. The number of carbonyl (C=O) groups excluding carboxylic acids is 1. The summed E-state index contributed by atoms with van der Waals surface area (Å²) in [6.45, 7) is 3.92. The Morgan fingerprint density at radius 1 is 1.06 bits per heavy atom. The molecule has 0 saturated carbocycles. The number of para-hydroxylation sites is 3. The van der Waals surface area contributed by atoms with E-state index in [-0.39, 0.29) is 18.1 Å². The number of anilines is 1. The molecule has 33 heavy (non-hydrogen) atoms. The standard InChI is InChI=1S/C26H25N3O4/c1-3-22(33-20-9-5-4-6-10-20)26(31)28-21-11-7-8-12-23(21)32-17-19-16-25(30)29-14-13-18(2)15-24(29)27-19/h4-16,22H,3,17H2,1-2H3,(H,28,31). The van der Waals surface area contributed by atoms with Gasteiger partial charge in [0.05, 0.1) is 11.4 Å². The van der Waals surface area contributed by atoms with Crippen LogP contribution in [0.5, 0.6) is 11.5 Å². The molecule has 2 heterocycles. The molecule has 1 unspecified atom stereocenters. The van der Waals surface area contributed by atoms with Crippen LogP contribution in [0.15, 0.2) is 83.8 Å². The first-order chi connectivity index (χ1) is 16.0. The van der Waals surface area contributed by atoms with Crippen molar-refractivity contribution in [3.05, 3.63) is 101 Å². The molecule has 0 aliphatic carbocycles. The zero-order valence-corrected chi connectivity index (χ0v) is 18.5. The quantitative estimate of drug-likeness (QED) is 0.437. The molecule has 0 fully saturated rings. The molecule has 0 spiro atoms. The summed E-state index contributed by atoms with van der Waals surface area (Å²) in [6, 6.07) is 21.5. The first kappa shape index (κ1) is 22.1. The van der Waals surface area contributed by atoms with Gasteiger partial charge in [-0.25, -0.2) is 4.98 Å². The summed E-state index contributed by atoms with van der Waals surface area (Å²) in [5, 5.41) is 2.89. The van der Waals surface area contributed by atoms with Crippen LogP contribution in [0.3, 0.4) is 0 Å². The van der Waals surface area contributed by atoms with E-state index in [0.29, 0.717) is 34.9 Å². The van der Waals surface area contributed by atoms with Gasteiger partial charge in [0, 0.05) is 12.3 Å². The lowest BCUT2D eigenvalue weighted by Crippen LogP contribution is -2.32. The highest BCUT2D eigenvalue weighted by atomic mass is 16.5. The number of rotatable bonds is 8. The molecule has 0 aliphatic heterocycles. The molecule has 168 valence electrons. The number of nitrogens with zero attached hydrogens (tertiary/aromatic N) is 2. The largest absolute Gasteiger partial charge is 0.485 e. The fourth-order valence-corrected chi connectivity index (χ4v) is 3.37. The van der Waals surface area contributed by atoms with Crippen LogP contribution in [0, 0.1) is 6.92 Å². The molecule has 1 N–H and O–H groups in total. The van der Waals surface area contributed by atoms with Gasteiger partial charge in [-0.2, -0.15) is 0 Å². The van der Waals surface area contributed by atoms with E-state index in [1.165, 1.54) is 10.5 Å². The lowest BCUT2D eigenvalue weighted by molar-refractivity contribution is -0.122. The Bertz CT molecular complexity index is 1320. The van der Waals surface area contributed by atoms with E-state index < -0.39 is 6.10 Å². The van der Waals surface area contributed by atoms with Crippen molar-refractivity contribution in [3.8, 4) is 11.5 Å². The fraction of sp³-hybridized carbons (Fsp3) is 0.192. The average Bonchev–Trinajstić information content (AvgIpc) is 2.82. The van der Waals surface area contributed by atoms with Crippen LogP contribution in [-0.4, -0.2) is 21.4 Å². The SMILES string of the molecule is CCC(Oc1ccccc1)C(=O)Nc1ccccc1OCc1cc(=O)n2ccc(C)cc2n1. The van der Waals surface area contributed by atoms with E-state index in [2.05, 4.69) is 10.3 Å². The maximum atomic E-state index is 12.8. The third kappa shape index (κ3) is 5.38. The minimum atomic E-state index is -0.647. The number of nitrogens with one attached hydrogen (secondary N) is 1. The van der Waals surface area contributed by atoms with E-state index in [9.17, 15) is 9.59 Å². The van der Waals surface area contributed by atoms with Crippen molar-refractivity contribution < 1.29 is 14.3 Å². The van der Waals surface area contributed by atoms with Crippen molar-refractivity contribution >= 4 is 17.2 Å². The maximum absolute atomic E-state index is 12.8. The smallest absolute Gasteiger partial charge is 0.265 e. The van der Waals surface area contributed by atoms with Crippen LogP contribution in [0.25, 0.3) is 5.65 Å². The number of benzene rings is 2. The van der Waals surface area contributed by atoms with Gasteiger partial charge in [0.1, 0.15) is 23.8 Å². The van der Waals surface area contributed by atoms with Gasteiger partial charge in [-0.1, -0.05) is 37.3 Å². The summed E-state index contributed by atoms with van der Waals surface area (Å²) < 4.78 is 13.2. The van der Waals surface area contributed by atoms with E-state index in [4.69, 9.17) is 9.47 Å². The van der Waals surface area contributed by atoms with Gasteiger partial charge in [-0.15, -0.1) is 0 Å². The Labute approximate surface area is 191 Å². The second-order valence-corrected chi connectivity index (χ2v) is 7.62. The molecule has 4 rings (SSSR count). The summed E-state index contributed by atoms with van der Waals surface area (Å²) in [7, 11) is 0. The van der Waals surface area contributed by atoms with Crippen molar-refractivity contribution in [1.29, 1.82) is 0 Å². The number of aryl methyl sites for hydroxylation is 1. The van der Waals surface area contributed by atoms with Crippen molar-refractivity contribution in [2.45, 2.75) is 33.0 Å². The summed E-state index contributed by atoms with van der Waals surface area (Å²) in [5.41, 5.74) is 2.42. The molecule has 2 aromatic carbocycles. The number of carbonyl (C=O) groups is 1. The van der Waals surface area contributed by atoms with Crippen molar-refractivity contribution in [3.63, 3.8) is 0 Å². The maximum Gasteiger partial charge on any atom is 0.265 e. The molecule has 4 aromatic rings. The van der Waals surface area contributed by atoms with Crippen LogP contribution in [0.4, 0.5) is 5.69 Å². The summed E-state index contributed by atoms with van der Waals surface area (Å²) in [6.07, 6.45) is 1.57. The number of aromatic nitrogens is 2. The second kappa shape index (κ2) is 9.99. The number of amides is 1. The second-order valence-electron chi connectivity index (χ2n) is 7.62. The highest BCUT2D eigenvalue weighted by molar-refractivity contribution is 5.95. The molecule has 2 aromatic heterocycles. The lowest BCUT2D eigenvalue weighted by atomic mass is 10.2.